The number of aliphatic hydroxyl groups excluding tert-OH is 1. The lowest BCUT2D eigenvalue weighted by molar-refractivity contribution is 0.00567. The fourth-order valence-electron chi connectivity index (χ4n) is 5.47. The SMILES string of the molecule is CN1CCC(N2CCN(Cc3ccccc3OC3CCCC3)C[C@H]2CCO)CC1. The van der Waals surface area contributed by atoms with E-state index in [0.717, 1.165) is 38.3 Å². The number of hydrogen-bond acceptors (Lipinski definition) is 5. The van der Waals surface area contributed by atoms with E-state index in [9.17, 15) is 5.11 Å². The highest BCUT2D eigenvalue weighted by Crippen LogP contribution is 2.29. The monoisotopic (exact) mass is 401 g/mol. The van der Waals surface area contributed by atoms with Gasteiger partial charge in [0.25, 0.3) is 0 Å². The summed E-state index contributed by atoms with van der Waals surface area (Å²) < 4.78 is 6.37. The summed E-state index contributed by atoms with van der Waals surface area (Å²) in [5.74, 6) is 1.08. The van der Waals surface area contributed by atoms with Gasteiger partial charge in [0, 0.05) is 50.4 Å². The van der Waals surface area contributed by atoms with Crippen molar-refractivity contribution in [2.45, 2.75) is 69.7 Å². The maximum Gasteiger partial charge on any atom is 0.124 e. The smallest absolute Gasteiger partial charge is 0.124 e. The minimum absolute atomic E-state index is 0.281. The third-order valence-electron chi connectivity index (χ3n) is 7.19. The number of rotatable bonds is 7. The highest BCUT2D eigenvalue weighted by Gasteiger charge is 2.33. The molecule has 2 heterocycles. The molecule has 162 valence electrons. The maximum absolute atomic E-state index is 9.68. The van der Waals surface area contributed by atoms with Crippen LogP contribution in [0.25, 0.3) is 0 Å². The summed E-state index contributed by atoms with van der Waals surface area (Å²) in [7, 11) is 2.23. The van der Waals surface area contributed by atoms with Gasteiger partial charge in [-0.05, 0) is 71.1 Å². The molecule has 29 heavy (non-hydrogen) atoms. The third kappa shape index (κ3) is 5.52. The van der Waals surface area contributed by atoms with Gasteiger partial charge in [-0.3, -0.25) is 9.80 Å². The summed E-state index contributed by atoms with van der Waals surface area (Å²) >= 11 is 0. The summed E-state index contributed by atoms with van der Waals surface area (Å²) in [5.41, 5.74) is 1.31. The Morgan fingerprint density at radius 2 is 1.76 bits per heavy atom. The molecule has 0 unspecified atom stereocenters. The first-order valence-corrected chi connectivity index (χ1v) is 11.7. The van der Waals surface area contributed by atoms with Crippen molar-refractivity contribution in [2.75, 3.05) is 46.4 Å². The number of piperazine rings is 1. The first kappa shape index (κ1) is 21.1. The van der Waals surface area contributed by atoms with E-state index in [-0.39, 0.29) is 6.61 Å². The molecule has 2 saturated heterocycles. The Kier molecular flexibility index (Phi) is 7.46. The number of likely N-dealkylation sites (tertiary alicyclic amines) is 1. The molecular formula is C24H39N3O2. The molecule has 5 heteroatoms. The molecule has 1 aromatic rings. The quantitative estimate of drug-likeness (QED) is 0.761. The second kappa shape index (κ2) is 10.3. The number of piperidine rings is 1. The molecule has 3 aliphatic rings. The van der Waals surface area contributed by atoms with Gasteiger partial charge in [-0.15, -0.1) is 0 Å². The number of aliphatic hydroxyl groups is 1. The molecule has 1 N–H and O–H groups in total. The van der Waals surface area contributed by atoms with Crippen LogP contribution >= 0.6 is 0 Å². The predicted octanol–water partition coefficient (Wildman–Crippen LogP) is 2.97. The van der Waals surface area contributed by atoms with Crippen molar-refractivity contribution in [3.8, 4) is 5.75 Å². The molecule has 3 fully saturated rings. The first-order chi connectivity index (χ1) is 14.2. The lowest BCUT2D eigenvalue weighted by atomic mass is 9.98. The largest absolute Gasteiger partial charge is 0.490 e. The van der Waals surface area contributed by atoms with Gasteiger partial charge in [0.1, 0.15) is 5.75 Å². The Bertz CT molecular complexity index is 626. The standard InChI is InChI=1S/C24H39N3O2/c1-25-13-10-21(11-14-25)27-16-15-26(19-22(27)12-17-28)18-20-6-2-5-9-24(20)29-23-7-3-4-8-23/h2,5-6,9,21-23,28H,3-4,7-8,10-19H2,1H3/t22-/m1/s1. The number of hydrogen-bond donors (Lipinski definition) is 1. The number of ether oxygens (including phenoxy) is 1. The van der Waals surface area contributed by atoms with Crippen LogP contribution in [0.15, 0.2) is 24.3 Å². The summed E-state index contributed by atoms with van der Waals surface area (Å²) in [5, 5.41) is 9.68. The van der Waals surface area contributed by atoms with E-state index in [0.29, 0.717) is 18.2 Å². The maximum atomic E-state index is 9.68. The Hall–Kier alpha value is -1.14. The molecular weight excluding hydrogens is 362 g/mol. The highest BCUT2D eigenvalue weighted by atomic mass is 16.5. The molecule has 0 spiro atoms. The summed E-state index contributed by atoms with van der Waals surface area (Å²) in [6, 6.07) is 9.76. The second-order valence-corrected chi connectivity index (χ2v) is 9.31. The second-order valence-electron chi connectivity index (χ2n) is 9.31. The summed E-state index contributed by atoms with van der Waals surface area (Å²) in [4.78, 5) is 7.72. The van der Waals surface area contributed by atoms with Gasteiger partial charge >= 0.3 is 0 Å². The molecule has 1 aromatic carbocycles. The van der Waals surface area contributed by atoms with Gasteiger partial charge < -0.3 is 14.7 Å². The minimum atomic E-state index is 0.281. The van der Waals surface area contributed by atoms with Crippen LogP contribution in [0, 0.1) is 0 Å². The van der Waals surface area contributed by atoms with Gasteiger partial charge in [0.2, 0.25) is 0 Å². The van der Waals surface area contributed by atoms with E-state index in [1.807, 2.05) is 0 Å². The predicted molar refractivity (Wildman–Crippen MR) is 117 cm³/mol. The zero-order chi connectivity index (χ0) is 20.1. The zero-order valence-electron chi connectivity index (χ0n) is 18.1. The van der Waals surface area contributed by atoms with E-state index < -0.39 is 0 Å². The van der Waals surface area contributed by atoms with Gasteiger partial charge in [-0.1, -0.05) is 18.2 Å². The molecule has 0 amide bonds. The van der Waals surface area contributed by atoms with Gasteiger partial charge in [-0.2, -0.15) is 0 Å². The molecule has 0 aromatic heterocycles. The first-order valence-electron chi connectivity index (χ1n) is 11.7. The van der Waals surface area contributed by atoms with Crippen LogP contribution in [0.5, 0.6) is 5.75 Å². The van der Waals surface area contributed by atoms with Crippen molar-refractivity contribution in [3.05, 3.63) is 29.8 Å². The van der Waals surface area contributed by atoms with Crippen LogP contribution in [0.4, 0.5) is 0 Å². The average Bonchev–Trinajstić information content (AvgIpc) is 3.24. The lowest BCUT2D eigenvalue weighted by Gasteiger charge is -2.47. The Morgan fingerprint density at radius 1 is 1.00 bits per heavy atom. The minimum Gasteiger partial charge on any atom is -0.490 e. The van der Waals surface area contributed by atoms with Crippen LogP contribution in [0.1, 0.15) is 50.5 Å². The number of benzene rings is 1. The molecule has 2 aliphatic heterocycles. The fraction of sp³-hybridized carbons (Fsp3) is 0.750. The summed E-state index contributed by atoms with van der Waals surface area (Å²) in [6.07, 6.45) is 8.79. The van der Waals surface area contributed by atoms with Crippen molar-refractivity contribution in [3.63, 3.8) is 0 Å². The van der Waals surface area contributed by atoms with Crippen molar-refractivity contribution in [2.24, 2.45) is 0 Å². The van der Waals surface area contributed by atoms with Crippen LogP contribution in [-0.2, 0) is 6.54 Å². The molecule has 1 saturated carbocycles. The lowest BCUT2D eigenvalue weighted by Crippen LogP contribution is -2.58. The highest BCUT2D eigenvalue weighted by molar-refractivity contribution is 5.33. The van der Waals surface area contributed by atoms with E-state index in [4.69, 9.17) is 4.74 Å². The van der Waals surface area contributed by atoms with Crippen molar-refractivity contribution in [1.82, 2.24) is 14.7 Å². The van der Waals surface area contributed by atoms with Crippen LogP contribution in [0.3, 0.4) is 0 Å². The Morgan fingerprint density at radius 3 is 2.52 bits per heavy atom. The Balaban J connectivity index is 1.38. The Labute approximate surface area is 176 Å². The van der Waals surface area contributed by atoms with E-state index in [1.54, 1.807) is 0 Å². The van der Waals surface area contributed by atoms with Crippen LogP contribution in [-0.4, -0.2) is 84.4 Å². The molecule has 1 aliphatic carbocycles. The summed E-state index contributed by atoms with van der Waals surface area (Å²) in [6.45, 7) is 6.89. The van der Waals surface area contributed by atoms with E-state index in [2.05, 4.69) is 46.0 Å². The van der Waals surface area contributed by atoms with Crippen molar-refractivity contribution in [1.29, 1.82) is 0 Å². The molecule has 1 atom stereocenters. The number of nitrogens with zero attached hydrogens (tertiary/aromatic N) is 3. The van der Waals surface area contributed by atoms with Crippen LogP contribution < -0.4 is 4.74 Å². The van der Waals surface area contributed by atoms with Crippen molar-refractivity contribution < 1.29 is 9.84 Å². The van der Waals surface area contributed by atoms with E-state index >= 15 is 0 Å². The van der Waals surface area contributed by atoms with Crippen LogP contribution in [0.2, 0.25) is 0 Å². The molecule has 4 rings (SSSR count). The van der Waals surface area contributed by atoms with Crippen molar-refractivity contribution >= 4 is 0 Å². The molecule has 0 radical (unpaired) electrons. The third-order valence-corrected chi connectivity index (χ3v) is 7.19. The average molecular weight is 402 g/mol. The topological polar surface area (TPSA) is 39.2 Å². The van der Waals surface area contributed by atoms with Gasteiger partial charge in [-0.25, -0.2) is 0 Å². The van der Waals surface area contributed by atoms with Gasteiger partial charge in [0.05, 0.1) is 6.10 Å². The molecule has 0 bridgehead atoms. The fourth-order valence-corrected chi connectivity index (χ4v) is 5.47. The number of para-hydroxylation sites is 1. The van der Waals surface area contributed by atoms with Gasteiger partial charge in [0.15, 0.2) is 0 Å². The van der Waals surface area contributed by atoms with E-state index in [1.165, 1.54) is 57.2 Å². The molecule has 5 nitrogen and oxygen atoms in total. The zero-order valence-corrected chi connectivity index (χ0v) is 18.1. The normalized spacial score (nSPS) is 26.2.